The summed E-state index contributed by atoms with van der Waals surface area (Å²) in [6, 6.07) is 5.39. The Morgan fingerprint density at radius 1 is 1.58 bits per heavy atom. The molecule has 1 saturated heterocycles. The monoisotopic (exact) mass is 282 g/mol. The molecule has 0 spiro atoms. The van der Waals surface area contributed by atoms with Crippen molar-refractivity contribution < 1.29 is 14.3 Å². The van der Waals surface area contributed by atoms with Gasteiger partial charge in [0.25, 0.3) is 0 Å². The van der Waals surface area contributed by atoms with Crippen molar-refractivity contribution in [3.05, 3.63) is 28.8 Å². The number of hydrogen-bond donors (Lipinski definition) is 1. The molecule has 0 aromatic heterocycles. The summed E-state index contributed by atoms with van der Waals surface area (Å²) in [6.45, 7) is 1.53. The second kappa shape index (κ2) is 5.93. The lowest BCUT2D eigenvalue weighted by atomic mass is 10.2. The summed E-state index contributed by atoms with van der Waals surface area (Å²) in [5, 5.41) is 3.22. The number of aldehydes is 1. The maximum absolute atomic E-state index is 11.1. The van der Waals surface area contributed by atoms with Gasteiger partial charge in [0.15, 0.2) is 6.29 Å². The second-order valence-corrected chi connectivity index (χ2v) is 4.80. The normalized spacial score (nSPS) is 18.2. The summed E-state index contributed by atoms with van der Waals surface area (Å²) in [4.78, 5) is 24.0. The summed E-state index contributed by atoms with van der Waals surface area (Å²) in [5.74, 6) is 0. The van der Waals surface area contributed by atoms with Crippen LogP contribution < -0.4 is 10.2 Å². The average Bonchev–Trinajstić information content (AvgIpc) is 2.87. The first-order chi connectivity index (χ1) is 9.13. The van der Waals surface area contributed by atoms with E-state index in [1.54, 1.807) is 12.1 Å². The fourth-order valence-corrected chi connectivity index (χ4v) is 2.37. The van der Waals surface area contributed by atoms with E-state index >= 15 is 0 Å². The van der Waals surface area contributed by atoms with Crippen LogP contribution >= 0.6 is 11.6 Å². The molecular weight excluding hydrogens is 268 g/mol. The minimum absolute atomic E-state index is 0.0666. The van der Waals surface area contributed by atoms with Gasteiger partial charge in [0, 0.05) is 24.3 Å². The first-order valence-corrected chi connectivity index (χ1v) is 6.36. The van der Waals surface area contributed by atoms with Crippen molar-refractivity contribution in [2.45, 2.75) is 12.5 Å². The summed E-state index contributed by atoms with van der Waals surface area (Å²) < 4.78 is 4.57. The molecule has 0 bridgehead atoms. The number of anilines is 1. The van der Waals surface area contributed by atoms with Crippen LogP contribution in [0.15, 0.2) is 18.2 Å². The van der Waals surface area contributed by atoms with Gasteiger partial charge in [-0.25, -0.2) is 4.79 Å². The minimum atomic E-state index is -0.416. The van der Waals surface area contributed by atoms with Gasteiger partial charge >= 0.3 is 6.09 Å². The van der Waals surface area contributed by atoms with E-state index in [2.05, 4.69) is 15.0 Å². The van der Waals surface area contributed by atoms with Gasteiger partial charge in [0.2, 0.25) is 0 Å². The molecule has 6 heteroatoms. The smallest absolute Gasteiger partial charge is 0.407 e. The Kier molecular flexibility index (Phi) is 4.27. The average molecular weight is 283 g/mol. The molecular formula is C13H15ClN2O3. The van der Waals surface area contributed by atoms with E-state index in [-0.39, 0.29) is 6.04 Å². The zero-order valence-corrected chi connectivity index (χ0v) is 11.3. The van der Waals surface area contributed by atoms with Gasteiger partial charge in [-0.1, -0.05) is 11.6 Å². The number of nitrogens with zero attached hydrogens (tertiary/aromatic N) is 1. The second-order valence-electron chi connectivity index (χ2n) is 4.39. The number of ether oxygens (including phenoxy) is 1. The summed E-state index contributed by atoms with van der Waals surface area (Å²) in [5.41, 5.74) is 1.43. The van der Waals surface area contributed by atoms with Crippen LogP contribution in [0.1, 0.15) is 16.8 Å². The molecule has 5 nitrogen and oxygen atoms in total. The molecule has 1 aliphatic rings. The van der Waals surface area contributed by atoms with Gasteiger partial charge in [0.1, 0.15) is 0 Å². The van der Waals surface area contributed by atoms with Crippen molar-refractivity contribution in [2.24, 2.45) is 0 Å². The predicted molar refractivity (Wildman–Crippen MR) is 73.0 cm³/mol. The molecule has 1 aliphatic heterocycles. The lowest BCUT2D eigenvalue weighted by Gasteiger charge is -2.19. The molecule has 1 fully saturated rings. The van der Waals surface area contributed by atoms with Crippen LogP contribution in [-0.4, -0.2) is 38.6 Å². The summed E-state index contributed by atoms with van der Waals surface area (Å²) in [6.07, 6.45) is 1.17. The quantitative estimate of drug-likeness (QED) is 0.863. The fourth-order valence-electron chi connectivity index (χ4n) is 2.15. The molecule has 1 amide bonds. The molecule has 102 valence electrons. The molecule has 1 aromatic rings. The van der Waals surface area contributed by atoms with Crippen molar-refractivity contribution in [1.29, 1.82) is 0 Å². The first kappa shape index (κ1) is 13.7. The minimum Gasteiger partial charge on any atom is -0.453 e. The molecule has 1 unspecified atom stereocenters. The van der Waals surface area contributed by atoms with E-state index in [1.165, 1.54) is 7.11 Å². The number of hydrogen-bond acceptors (Lipinski definition) is 4. The van der Waals surface area contributed by atoms with Crippen molar-refractivity contribution in [3.63, 3.8) is 0 Å². The molecule has 0 saturated carbocycles. The number of carbonyl (C=O) groups is 2. The molecule has 0 radical (unpaired) electrons. The van der Waals surface area contributed by atoms with E-state index in [4.69, 9.17) is 11.6 Å². The highest BCUT2D eigenvalue weighted by Gasteiger charge is 2.24. The Hall–Kier alpha value is -1.75. The number of benzene rings is 1. The molecule has 1 aromatic carbocycles. The van der Waals surface area contributed by atoms with Crippen LogP contribution in [0, 0.1) is 0 Å². The molecule has 19 heavy (non-hydrogen) atoms. The maximum atomic E-state index is 11.1. The highest BCUT2D eigenvalue weighted by molar-refractivity contribution is 6.33. The van der Waals surface area contributed by atoms with Gasteiger partial charge < -0.3 is 15.0 Å². The lowest BCUT2D eigenvalue weighted by molar-refractivity contribution is 0.112. The number of carbonyl (C=O) groups excluding carboxylic acids is 2. The Labute approximate surface area is 116 Å². The number of rotatable bonds is 3. The first-order valence-electron chi connectivity index (χ1n) is 5.98. The predicted octanol–water partition coefficient (Wildman–Crippen LogP) is 2.09. The Balaban J connectivity index is 2.02. The van der Waals surface area contributed by atoms with Gasteiger partial charge in [-0.3, -0.25) is 4.79 Å². The number of alkyl carbamates (subject to hydrolysis) is 1. The van der Waals surface area contributed by atoms with Crippen LogP contribution in [0.2, 0.25) is 5.02 Å². The van der Waals surface area contributed by atoms with Crippen molar-refractivity contribution in [2.75, 3.05) is 25.1 Å². The summed E-state index contributed by atoms with van der Waals surface area (Å²) in [7, 11) is 1.35. The van der Waals surface area contributed by atoms with Gasteiger partial charge in [-0.2, -0.15) is 0 Å². The third-order valence-corrected chi connectivity index (χ3v) is 3.50. The van der Waals surface area contributed by atoms with Crippen LogP contribution in [0.25, 0.3) is 0 Å². The third-order valence-electron chi connectivity index (χ3n) is 3.17. The lowest BCUT2D eigenvalue weighted by Crippen LogP contribution is -2.36. The van der Waals surface area contributed by atoms with E-state index in [0.29, 0.717) is 17.1 Å². The highest BCUT2D eigenvalue weighted by Crippen LogP contribution is 2.25. The number of halogens is 1. The third kappa shape index (κ3) is 3.17. The van der Waals surface area contributed by atoms with Crippen molar-refractivity contribution >= 4 is 29.7 Å². The van der Waals surface area contributed by atoms with Gasteiger partial charge in [-0.15, -0.1) is 0 Å². The van der Waals surface area contributed by atoms with Gasteiger partial charge in [0.05, 0.1) is 18.2 Å². The van der Waals surface area contributed by atoms with E-state index in [0.717, 1.165) is 24.9 Å². The number of nitrogens with one attached hydrogen (secondary N) is 1. The SMILES string of the molecule is COC(=O)NC1CCN(c2ccc(C=O)c(Cl)c2)C1. The number of methoxy groups -OCH3 is 1. The molecule has 0 aliphatic carbocycles. The van der Waals surface area contributed by atoms with Gasteiger partial charge in [-0.05, 0) is 24.6 Å². The number of amides is 1. The maximum Gasteiger partial charge on any atom is 0.407 e. The zero-order chi connectivity index (χ0) is 13.8. The van der Waals surface area contributed by atoms with E-state index < -0.39 is 6.09 Å². The van der Waals surface area contributed by atoms with Crippen molar-refractivity contribution in [3.8, 4) is 0 Å². The van der Waals surface area contributed by atoms with Crippen LogP contribution in [0.5, 0.6) is 0 Å². The highest BCUT2D eigenvalue weighted by atomic mass is 35.5. The standard InChI is InChI=1S/C13H15ClN2O3/c1-19-13(18)15-10-4-5-16(7-10)11-3-2-9(8-17)12(14)6-11/h2-3,6,8,10H,4-5,7H2,1H3,(H,15,18). The van der Waals surface area contributed by atoms with Crippen LogP contribution in [-0.2, 0) is 4.74 Å². The zero-order valence-electron chi connectivity index (χ0n) is 10.6. The molecule has 1 N–H and O–H groups in total. The Bertz CT molecular complexity index is 493. The van der Waals surface area contributed by atoms with Crippen LogP contribution in [0.4, 0.5) is 10.5 Å². The largest absolute Gasteiger partial charge is 0.453 e. The molecule has 1 heterocycles. The van der Waals surface area contributed by atoms with E-state index in [1.807, 2.05) is 6.07 Å². The van der Waals surface area contributed by atoms with Crippen molar-refractivity contribution in [1.82, 2.24) is 5.32 Å². The van der Waals surface area contributed by atoms with E-state index in [9.17, 15) is 9.59 Å². The molecule has 1 atom stereocenters. The Morgan fingerprint density at radius 3 is 3.00 bits per heavy atom. The van der Waals surface area contributed by atoms with Crippen LogP contribution in [0.3, 0.4) is 0 Å². The topological polar surface area (TPSA) is 58.6 Å². The Morgan fingerprint density at radius 2 is 2.37 bits per heavy atom. The molecule has 2 rings (SSSR count). The fraction of sp³-hybridized carbons (Fsp3) is 0.385. The summed E-state index contributed by atoms with van der Waals surface area (Å²) >= 11 is 6.00.